The van der Waals surface area contributed by atoms with E-state index in [2.05, 4.69) is 27.8 Å². The normalized spacial score (nSPS) is 24.1. The van der Waals surface area contributed by atoms with E-state index >= 15 is 0 Å². The second-order valence-electron chi connectivity index (χ2n) is 7.39. The number of unbranched alkanes of at least 4 members (excludes halogenated alkanes) is 1. The second kappa shape index (κ2) is 8.01. The van der Waals surface area contributed by atoms with Crippen LogP contribution >= 0.6 is 0 Å². The van der Waals surface area contributed by atoms with Crippen LogP contribution in [0.3, 0.4) is 0 Å². The molecule has 0 bridgehead atoms. The molecule has 1 saturated carbocycles. The van der Waals surface area contributed by atoms with Crippen molar-refractivity contribution in [1.29, 1.82) is 0 Å². The predicted octanol–water partition coefficient (Wildman–Crippen LogP) is 2.47. The third-order valence-corrected chi connectivity index (χ3v) is 5.19. The summed E-state index contributed by atoms with van der Waals surface area (Å²) in [7, 11) is 0. The lowest BCUT2D eigenvalue weighted by molar-refractivity contribution is -0.148. The molecule has 2 heterocycles. The van der Waals surface area contributed by atoms with Crippen molar-refractivity contribution in [3.63, 3.8) is 0 Å². The lowest BCUT2D eigenvalue weighted by atomic mass is 9.70. The zero-order valence-electron chi connectivity index (χ0n) is 14.9. The van der Waals surface area contributed by atoms with Crippen LogP contribution in [0.1, 0.15) is 49.8 Å². The zero-order valence-corrected chi connectivity index (χ0v) is 14.9. The van der Waals surface area contributed by atoms with Gasteiger partial charge in [0.15, 0.2) is 5.67 Å². The van der Waals surface area contributed by atoms with Gasteiger partial charge in [0.1, 0.15) is 5.82 Å². The zero-order chi connectivity index (χ0) is 18.6. The predicted molar refractivity (Wildman–Crippen MR) is 95.8 cm³/mol. The molecule has 0 aromatic carbocycles. The summed E-state index contributed by atoms with van der Waals surface area (Å²) < 4.78 is 14.3. The Morgan fingerprint density at radius 2 is 2.15 bits per heavy atom. The van der Waals surface area contributed by atoms with E-state index in [1.54, 1.807) is 0 Å². The van der Waals surface area contributed by atoms with Gasteiger partial charge in [-0.3, -0.25) is 9.59 Å². The average molecular weight is 363 g/mol. The molecule has 0 saturated heterocycles. The summed E-state index contributed by atoms with van der Waals surface area (Å²) in [4.78, 5) is 27.1. The number of alkyl halides is 1. The van der Waals surface area contributed by atoms with Crippen molar-refractivity contribution in [2.45, 2.75) is 57.0 Å². The largest absolute Gasteiger partial charge is 0.481 e. The van der Waals surface area contributed by atoms with E-state index < -0.39 is 17.5 Å². The van der Waals surface area contributed by atoms with Crippen molar-refractivity contribution in [1.82, 2.24) is 10.3 Å². The van der Waals surface area contributed by atoms with E-state index in [0.29, 0.717) is 6.54 Å². The Bertz CT molecular complexity index is 674. The van der Waals surface area contributed by atoms with Crippen LogP contribution in [-0.4, -0.2) is 40.7 Å². The first-order chi connectivity index (χ1) is 12.5. The van der Waals surface area contributed by atoms with Crippen molar-refractivity contribution in [2.75, 3.05) is 18.4 Å². The maximum atomic E-state index is 14.3. The number of carboxylic acid groups (broad SMARTS) is 1. The smallest absolute Gasteiger partial charge is 0.303 e. The standard InChI is InChI=1S/C19H26FN3O3/c20-19(11-13(12-19)10-16(24)25)18(26)22-8-2-1-5-15-7-6-14-4-3-9-21-17(14)23-15/h6-7,13H,1-5,8-12H2,(H,21,23)(H,22,26)(H,24,25). The number of hydrogen-bond acceptors (Lipinski definition) is 4. The first-order valence-corrected chi connectivity index (χ1v) is 9.38. The molecule has 2 aliphatic rings. The first-order valence-electron chi connectivity index (χ1n) is 9.38. The fraction of sp³-hybridized carbons (Fsp3) is 0.632. The number of aromatic nitrogens is 1. The van der Waals surface area contributed by atoms with E-state index in [1.165, 1.54) is 5.56 Å². The minimum absolute atomic E-state index is 0.0111. The molecule has 3 rings (SSSR count). The third kappa shape index (κ3) is 4.51. The Hall–Kier alpha value is -2.18. The maximum absolute atomic E-state index is 14.3. The molecular weight excluding hydrogens is 337 g/mol. The van der Waals surface area contributed by atoms with Crippen LogP contribution in [-0.2, 0) is 22.4 Å². The van der Waals surface area contributed by atoms with E-state index in [-0.39, 0.29) is 25.2 Å². The van der Waals surface area contributed by atoms with Gasteiger partial charge in [-0.15, -0.1) is 0 Å². The number of carboxylic acids is 1. The summed E-state index contributed by atoms with van der Waals surface area (Å²) in [6.45, 7) is 1.39. The molecule has 0 unspecified atom stereocenters. The quantitative estimate of drug-likeness (QED) is 0.617. The highest BCUT2D eigenvalue weighted by molar-refractivity contribution is 5.86. The number of hydrogen-bond donors (Lipinski definition) is 3. The molecule has 1 aromatic heterocycles. The van der Waals surface area contributed by atoms with Crippen LogP contribution in [0.2, 0.25) is 0 Å². The molecule has 6 nitrogen and oxygen atoms in total. The van der Waals surface area contributed by atoms with Crippen molar-refractivity contribution >= 4 is 17.7 Å². The summed E-state index contributed by atoms with van der Waals surface area (Å²) in [5.41, 5.74) is 0.412. The SMILES string of the molecule is O=C(O)CC1CC(F)(C(=O)NCCCCc2ccc3c(n2)NCCC3)C1. The Morgan fingerprint density at radius 3 is 2.92 bits per heavy atom. The number of aryl methyl sites for hydroxylation is 2. The van der Waals surface area contributed by atoms with Gasteiger partial charge < -0.3 is 15.7 Å². The van der Waals surface area contributed by atoms with Crippen LogP contribution in [0.5, 0.6) is 0 Å². The summed E-state index contributed by atoms with van der Waals surface area (Å²) in [5, 5.41) is 14.6. The summed E-state index contributed by atoms with van der Waals surface area (Å²) in [5.74, 6) is -0.784. The van der Waals surface area contributed by atoms with Gasteiger partial charge in [-0.25, -0.2) is 9.37 Å². The van der Waals surface area contributed by atoms with E-state index in [1.807, 2.05) is 0 Å². The van der Waals surface area contributed by atoms with Crippen LogP contribution in [0, 0.1) is 5.92 Å². The Morgan fingerprint density at radius 1 is 1.35 bits per heavy atom. The number of pyridine rings is 1. The minimum Gasteiger partial charge on any atom is -0.481 e. The van der Waals surface area contributed by atoms with E-state index in [9.17, 15) is 14.0 Å². The number of aliphatic carboxylic acids is 1. The number of fused-ring (bicyclic) bond motifs is 1. The molecule has 0 spiro atoms. The van der Waals surface area contributed by atoms with Crippen LogP contribution in [0.4, 0.5) is 10.2 Å². The van der Waals surface area contributed by atoms with Crippen molar-refractivity contribution in [3.05, 3.63) is 23.4 Å². The molecule has 7 heteroatoms. The maximum Gasteiger partial charge on any atom is 0.303 e. The fourth-order valence-corrected chi connectivity index (χ4v) is 3.73. The monoisotopic (exact) mass is 363 g/mol. The molecule has 1 amide bonds. The second-order valence-corrected chi connectivity index (χ2v) is 7.39. The minimum atomic E-state index is -1.88. The van der Waals surface area contributed by atoms with Crippen molar-refractivity contribution in [2.24, 2.45) is 5.92 Å². The topological polar surface area (TPSA) is 91.3 Å². The molecule has 26 heavy (non-hydrogen) atoms. The average Bonchev–Trinajstić information content (AvgIpc) is 2.59. The highest BCUT2D eigenvalue weighted by Crippen LogP contribution is 2.43. The third-order valence-electron chi connectivity index (χ3n) is 5.19. The van der Waals surface area contributed by atoms with Gasteiger partial charge in [0.25, 0.3) is 5.91 Å². The molecule has 0 atom stereocenters. The number of halogens is 1. The van der Waals surface area contributed by atoms with Gasteiger partial charge >= 0.3 is 5.97 Å². The van der Waals surface area contributed by atoms with Crippen LogP contribution < -0.4 is 10.6 Å². The lowest BCUT2D eigenvalue weighted by Gasteiger charge is -2.39. The highest BCUT2D eigenvalue weighted by atomic mass is 19.1. The number of carbonyl (C=O) groups is 2. The van der Waals surface area contributed by atoms with Gasteiger partial charge in [0.05, 0.1) is 0 Å². The Balaban J connectivity index is 1.33. The van der Waals surface area contributed by atoms with Gasteiger partial charge in [0, 0.05) is 25.2 Å². The number of anilines is 1. The van der Waals surface area contributed by atoms with Gasteiger partial charge in [-0.2, -0.15) is 0 Å². The number of amides is 1. The lowest BCUT2D eigenvalue weighted by Crippen LogP contribution is -2.52. The summed E-state index contributed by atoms with van der Waals surface area (Å²) in [6, 6.07) is 4.18. The first kappa shape index (κ1) is 18.6. The molecule has 1 aliphatic carbocycles. The molecule has 1 aliphatic heterocycles. The van der Waals surface area contributed by atoms with Crippen molar-refractivity contribution in [3.8, 4) is 0 Å². The summed E-state index contributed by atoms with van der Waals surface area (Å²) >= 11 is 0. The summed E-state index contributed by atoms with van der Waals surface area (Å²) in [6.07, 6.45) is 4.61. The van der Waals surface area contributed by atoms with Crippen LogP contribution in [0.25, 0.3) is 0 Å². The number of carbonyl (C=O) groups excluding carboxylic acids is 1. The van der Waals surface area contributed by atoms with Crippen molar-refractivity contribution < 1.29 is 19.1 Å². The molecule has 0 radical (unpaired) electrons. The number of nitrogens with zero attached hydrogens (tertiary/aromatic N) is 1. The van der Waals surface area contributed by atoms with Gasteiger partial charge in [-0.1, -0.05) is 6.07 Å². The molecular formula is C19H26FN3O3. The fourth-order valence-electron chi connectivity index (χ4n) is 3.73. The molecule has 1 fully saturated rings. The number of rotatable bonds is 8. The number of nitrogens with one attached hydrogen (secondary N) is 2. The van der Waals surface area contributed by atoms with Crippen LogP contribution in [0.15, 0.2) is 12.1 Å². The van der Waals surface area contributed by atoms with E-state index in [4.69, 9.17) is 5.11 Å². The van der Waals surface area contributed by atoms with E-state index in [0.717, 1.165) is 50.2 Å². The Kier molecular flexibility index (Phi) is 5.74. The highest BCUT2D eigenvalue weighted by Gasteiger charge is 2.51. The Labute approximate surface area is 152 Å². The van der Waals surface area contributed by atoms with Gasteiger partial charge in [0.2, 0.25) is 0 Å². The molecule has 3 N–H and O–H groups in total. The molecule has 142 valence electrons. The van der Waals surface area contributed by atoms with Gasteiger partial charge in [-0.05, 0) is 62.5 Å². The molecule has 1 aromatic rings.